The zero-order chi connectivity index (χ0) is 21.8. The van der Waals surface area contributed by atoms with Crippen molar-refractivity contribution in [3.05, 3.63) is 58.4 Å². The van der Waals surface area contributed by atoms with Crippen LogP contribution in [0.1, 0.15) is 37.9 Å². The third-order valence-electron chi connectivity index (χ3n) is 6.33. The third kappa shape index (κ3) is 2.99. The van der Waals surface area contributed by atoms with Gasteiger partial charge in [-0.15, -0.1) is 0 Å². The van der Waals surface area contributed by atoms with Gasteiger partial charge in [-0.05, 0) is 51.1 Å². The molecule has 1 amide bonds. The molecule has 6 nitrogen and oxygen atoms in total. The first-order valence-electron chi connectivity index (χ1n) is 9.67. The first kappa shape index (κ1) is 20.5. The molecule has 0 radical (unpaired) electrons. The number of nitrogens with two attached hydrogens (primary N) is 1. The molecule has 0 aliphatic carbocycles. The second-order valence-electron chi connectivity index (χ2n) is 8.42. The largest absolute Gasteiger partial charge is 0.491 e. The number of rotatable bonds is 3. The SMILES string of the molecule is CN1C(=O)C(C)(C)[C@@](C)(c2cc(NC3COc4cc(Cl)ccc43)ccc2F)N=C1N. The molecule has 2 aliphatic heterocycles. The predicted molar refractivity (Wildman–Crippen MR) is 115 cm³/mol. The highest BCUT2D eigenvalue weighted by molar-refractivity contribution is 6.30. The second-order valence-corrected chi connectivity index (χ2v) is 8.85. The van der Waals surface area contributed by atoms with Crippen molar-refractivity contribution in [3.8, 4) is 5.75 Å². The van der Waals surface area contributed by atoms with Crippen LogP contribution in [-0.2, 0) is 10.3 Å². The monoisotopic (exact) mass is 430 g/mol. The number of nitrogens with zero attached hydrogens (tertiary/aromatic N) is 2. The fourth-order valence-corrected chi connectivity index (χ4v) is 4.23. The minimum atomic E-state index is -1.17. The van der Waals surface area contributed by atoms with Crippen LogP contribution >= 0.6 is 11.6 Å². The molecule has 8 heteroatoms. The average Bonchev–Trinajstić information content (AvgIpc) is 3.08. The number of hydrogen-bond donors (Lipinski definition) is 2. The molecule has 2 heterocycles. The molecule has 0 saturated heterocycles. The number of aliphatic imine (C=N–C) groups is 1. The number of carbonyl (C=O) groups excluding carboxylic acids is 1. The number of nitrogens with one attached hydrogen (secondary N) is 1. The zero-order valence-electron chi connectivity index (χ0n) is 17.3. The van der Waals surface area contributed by atoms with E-state index in [9.17, 15) is 9.18 Å². The van der Waals surface area contributed by atoms with E-state index in [1.54, 1.807) is 46.0 Å². The number of halogens is 2. The van der Waals surface area contributed by atoms with E-state index >= 15 is 0 Å². The standard InChI is InChI=1S/C22H24ClFN4O2/c1-21(2)19(29)28(4)20(25)27-22(21,3)15-10-13(6-8-16(15)24)26-17-11-30-18-9-12(23)5-7-14(17)18/h5-10,17,26H,11H2,1-4H3,(H2,25,27)/t17?,22-/m1/s1. The second kappa shape index (κ2) is 6.87. The number of anilines is 1. The van der Waals surface area contributed by atoms with Gasteiger partial charge in [0.1, 0.15) is 23.7 Å². The molecule has 2 aliphatic rings. The number of ether oxygens (including phenoxy) is 1. The molecular weight excluding hydrogens is 407 g/mol. The van der Waals surface area contributed by atoms with E-state index in [4.69, 9.17) is 22.1 Å². The topological polar surface area (TPSA) is 80.0 Å². The Hall–Kier alpha value is -2.80. The Morgan fingerprint density at radius 2 is 2.00 bits per heavy atom. The van der Waals surface area contributed by atoms with Gasteiger partial charge < -0.3 is 15.8 Å². The molecule has 2 atom stereocenters. The van der Waals surface area contributed by atoms with Crippen molar-refractivity contribution >= 4 is 29.2 Å². The van der Waals surface area contributed by atoms with Gasteiger partial charge in [-0.3, -0.25) is 9.69 Å². The summed E-state index contributed by atoms with van der Waals surface area (Å²) in [5, 5.41) is 4.00. The van der Waals surface area contributed by atoms with Crippen molar-refractivity contribution in [2.75, 3.05) is 19.0 Å². The smallest absolute Gasteiger partial charge is 0.237 e. The van der Waals surface area contributed by atoms with Gasteiger partial charge in [0.25, 0.3) is 0 Å². The maximum Gasteiger partial charge on any atom is 0.237 e. The van der Waals surface area contributed by atoms with E-state index in [2.05, 4.69) is 10.3 Å². The van der Waals surface area contributed by atoms with Gasteiger partial charge in [0.05, 0.1) is 11.5 Å². The Bertz CT molecular complexity index is 1070. The molecule has 4 rings (SSSR count). The molecule has 1 unspecified atom stereocenters. The lowest BCUT2D eigenvalue weighted by molar-refractivity contribution is -0.140. The molecule has 0 fully saturated rings. The van der Waals surface area contributed by atoms with Crippen molar-refractivity contribution in [2.45, 2.75) is 32.4 Å². The third-order valence-corrected chi connectivity index (χ3v) is 6.56. The molecule has 0 aromatic heterocycles. The summed E-state index contributed by atoms with van der Waals surface area (Å²) in [6.45, 7) is 5.68. The molecule has 158 valence electrons. The minimum Gasteiger partial charge on any atom is -0.491 e. The predicted octanol–water partition coefficient (Wildman–Crippen LogP) is 4.05. The Labute approximate surface area is 179 Å². The van der Waals surface area contributed by atoms with Crippen molar-refractivity contribution in [3.63, 3.8) is 0 Å². The van der Waals surface area contributed by atoms with Crippen LogP contribution in [0.4, 0.5) is 10.1 Å². The van der Waals surface area contributed by atoms with Crippen LogP contribution in [0.25, 0.3) is 0 Å². The molecule has 30 heavy (non-hydrogen) atoms. The maximum absolute atomic E-state index is 15.0. The lowest BCUT2D eigenvalue weighted by Gasteiger charge is -2.46. The normalized spacial score (nSPS) is 24.9. The minimum absolute atomic E-state index is 0.0644. The first-order valence-corrected chi connectivity index (χ1v) is 10.0. The lowest BCUT2D eigenvalue weighted by atomic mass is 9.67. The van der Waals surface area contributed by atoms with Gasteiger partial charge in [0.15, 0.2) is 5.96 Å². The zero-order valence-corrected chi connectivity index (χ0v) is 18.0. The van der Waals surface area contributed by atoms with Crippen LogP contribution in [0.5, 0.6) is 5.75 Å². The fraction of sp³-hybridized carbons (Fsp3) is 0.364. The highest BCUT2D eigenvalue weighted by Gasteiger charge is 2.53. The van der Waals surface area contributed by atoms with Crippen LogP contribution < -0.4 is 15.8 Å². The number of hydrogen-bond acceptors (Lipinski definition) is 5. The van der Waals surface area contributed by atoms with Gasteiger partial charge in [-0.1, -0.05) is 17.7 Å². The molecule has 3 N–H and O–H groups in total. The van der Waals surface area contributed by atoms with Gasteiger partial charge >= 0.3 is 0 Å². The summed E-state index contributed by atoms with van der Waals surface area (Å²) in [6.07, 6.45) is 0. The number of carbonyl (C=O) groups is 1. The van der Waals surface area contributed by atoms with Gasteiger partial charge in [0.2, 0.25) is 5.91 Å². The summed E-state index contributed by atoms with van der Waals surface area (Å²) in [6, 6.07) is 10.1. The molecule has 2 aromatic carbocycles. The summed E-state index contributed by atoms with van der Waals surface area (Å²) in [5.74, 6) is 0.133. The van der Waals surface area contributed by atoms with E-state index in [0.717, 1.165) is 11.3 Å². The van der Waals surface area contributed by atoms with Crippen LogP contribution in [0, 0.1) is 11.2 Å². The van der Waals surface area contributed by atoms with E-state index < -0.39 is 16.8 Å². The van der Waals surface area contributed by atoms with Crippen LogP contribution in [-0.4, -0.2) is 30.4 Å². The maximum atomic E-state index is 15.0. The molecule has 0 bridgehead atoms. The van der Waals surface area contributed by atoms with E-state index in [-0.39, 0.29) is 17.9 Å². The molecule has 0 spiro atoms. The van der Waals surface area contributed by atoms with Gasteiger partial charge in [0, 0.05) is 28.9 Å². The lowest BCUT2D eigenvalue weighted by Crippen LogP contribution is -2.58. The van der Waals surface area contributed by atoms with Crippen molar-refractivity contribution in [1.29, 1.82) is 0 Å². The Balaban J connectivity index is 1.72. The summed E-state index contributed by atoms with van der Waals surface area (Å²) in [5.41, 5.74) is 5.79. The summed E-state index contributed by atoms with van der Waals surface area (Å²) in [4.78, 5) is 18.7. The van der Waals surface area contributed by atoms with Crippen molar-refractivity contribution < 1.29 is 13.9 Å². The van der Waals surface area contributed by atoms with Crippen LogP contribution in [0.2, 0.25) is 5.02 Å². The van der Waals surface area contributed by atoms with Crippen LogP contribution in [0.3, 0.4) is 0 Å². The van der Waals surface area contributed by atoms with Gasteiger partial charge in [-0.2, -0.15) is 0 Å². The fourth-order valence-electron chi connectivity index (χ4n) is 4.06. The Morgan fingerprint density at radius 3 is 2.73 bits per heavy atom. The number of amides is 1. The number of guanidine groups is 1. The summed E-state index contributed by atoms with van der Waals surface area (Å²) >= 11 is 6.04. The van der Waals surface area contributed by atoms with Crippen LogP contribution in [0.15, 0.2) is 41.4 Å². The van der Waals surface area contributed by atoms with E-state index in [0.29, 0.717) is 22.9 Å². The summed E-state index contributed by atoms with van der Waals surface area (Å²) < 4.78 is 20.7. The van der Waals surface area contributed by atoms with E-state index in [1.807, 2.05) is 12.1 Å². The van der Waals surface area contributed by atoms with E-state index in [1.165, 1.54) is 11.0 Å². The summed E-state index contributed by atoms with van der Waals surface area (Å²) in [7, 11) is 1.57. The highest BCUT2D eigenvalue weighted by atomic mass is 35.5. The number of benzene rings is 2. The Kier molecular flexibility index (Phi) is 4.69. The molecular formula is C22H24ClFN4O2. The molecule has 0 saturated carbocycles. The van der Waals surface area contributed by atoms with Crippen molar-refractivity contribution in [1.82, 2.24) is 4.90 Å². The first-order chi connectivity index (χ1) is 14.0. The van der Waals surface area contributed by atoms with Gasteiger partial charge in [-0.25, -0.2) is 9.38 Å². The Morgan fingerprint density at radius 1 is 1.27 bits per heavy atom. The van der Waals surface area contributed by atoms with Crippen molar-refractivity contribution in [2.24, 2.45) is 16.1 Å². The quantitative estimate of drug-likeness (QED) is 0.769. The number of fused-ring (bicyclic) bond motifs is 1. The highest BCUT2D eigenvalue weighted by Crippen LogP contribution is 2.48. The molecule has 2 aromatic rings. The average molecular weight is 431 g/mol.